The van der Waals surface area contributed by atoms with Crippen LogP contribution in [0.1, 0.15) is 36.2 Å². The van der Waals surface area contributed by atoms with Crippen LogP contribution in [0.3, 0.4) is 0 Å². The van der Waals surface area contributed by atoms with Crippen LogP contribution in [0.2, 0.25) is 0 Å². The molecule has 2 aromatic rings. The van der Waals surface area contributed by atoms with Crippen molar-refractivity contribution >= 4 is 5.91 Å². The van der Waals surface area contributed by atoms with Crippen molar-refractivity contribution in [3.63, 3.8) is 0 Å². The zero-order valence-corrected chi connectivity index (χ0v) is 13.4. The van der Waals surface area contributed by atoms with Gasteiger partial charge in [-0.05, 0) is 56.9 Å². The van der Waals surface area contributed by atoms with Crippen molar-refractivity contribution in [3.05, 3.63) is 47.3 Å². The Kier molecular flexibility index (Phi) is 4.27. The first-order valence-electron chi connectivity index (χ1n) is 8.04. The van der Waals surface area contributed by atoms with E-state index in [4.69, 9.17) is 0 Å². The first-order chi connectivity index (χ1) is 10.6. The molecule has 0 unspecified atom stereocenters. The third-order valence-corrected chi connectivity index (χ3v) is 4.28. The molecule has 1 aromatic heterocycles. The molecule has 1 aromatic carbocycles. The van der Waals surface area contributed by atoms with Gasteiger partial charge in [0.1, 0.15) is 0 Å². The fourth-order valence-electron chi connectivity index (χ4n) is 3.07. The highest BCUT2D eigenvalue weighted by Crippen LogP contribution is 2.15. The number of aryl methyl sites for hydroxylation is 3. The molecule has 22 heavy (non-hydrogen) atoms. The lowest BCUT2D eigenvalue weighted by Crippen LogP contribution is -2.27. The van der Waals surface area contributed by atoms with E-state index in [0.717, 1.165) is 49.4 Å². The van der Waals surface area contributed by atoms with Crippen molar-refractivity contribution in [2.24, 2.45) is 0 Å². The lowest BCUT2D eigenvalue weighted by molar-refractivity contribution is -0.130. The first kappa shape index (κ1) is 14.8. The maximum atomic E-state index is 12.1. The van der Waals surface area contributed by atoms with Crippen molar-refractivity contribution in [1.82, 2.24) is 14.7 Å². The largest absolute Gasteiger partial charge is 0.343 e. The topological polar surface area (TPSA) is 38.1 Å². The Morgan fingerprint density at radius 2 is 1.82 bits per heavy atom. The second kappa shape index (κ2) is 6.34. The molecule has 1 amide bonds. The molecule has 1 aliphatic heterocycles. The zero-order valence-electron chi connectivity index (χ0n) is 13.4. The molecular weight excluding hydrogens is 274 g/mol. The molecule has 2 heterocycles. The molecule has 116 valence electrons. The fraction of sp³-hybridized carbons (Fsp3) is 0.444. The summed E-state index contributed by atoms with van der Waals surface area (Å²) in [6.07, 6.45) is 3.73. The third kappa shape index (κ3) is 3.21. The van der Waals surface area contributed by atoms with Crippen molar-refractivity contribution in [1.29, 1.82) is 0 Å². The second-order valence-corrected chi connectivity index (χ2v) is 6.09. The Hall–Kier alpha value is -2.10. The van der Waals surface area contributed by atoms with E-state index in [2.05, 4.69) is 42.4 Å². The molecule has 0 bridgehead atoms. The lowest BCUT2D eigenvalue weighted by Gasteiger charge is -2.15. The van der Waals surface area contributed by atoms with Gasteiger partial charge in [0.2, 0.25) is 5.91 Å². The summed E-state index contributed by atoms with van der Waals surface area (Å²) >= 11 is 0. The Bertz CT molecular complexity index is 651. The van der Waals surface area contributed by atoms with Gasteiger partial charge in [-0.25, -0.2) is 4.68 Å². The third-order valence-electron chi connectivity index (χ3n) is 4.28. The summed E-state index contributed by atoms with van der Waals surface area (Å²) < 4.78 is 1.95. The van der Waals surface area contributed by atoms with E-state index in [9.17, 15) is 4.79 Å². The summed E-state index contributed by atoms with van der Waals surface area (Å²) in [5.41, 5.74) is 4.44. The number of nitrogens with zero attached hydrogens (tertiary/aromatic N) is 3. The van der Waals surface area contributed by atoms with Gasteiger partial charge in [0, 0.05) is 25.2 Å². The summed E-state index contributed by atoms with van der Waals surface area (Å²) in [4.78, 5) is 14.1. The fourth-order valence-corrected chi connectivity index (χ4v) is 3.07. The minimum Gasteiger partial charge on any atom is -0.343 e. The number of carbonyl (C=O) groups is 1. The molecule has 0 atom stereocenters. The van der Waals surface area contributed by atoms with Gasteiger partial charge < -0.3 is 4.90 Å². The number of likely N-dealkylation sites (tertiary alicyclic amines) is 1. The van der Waals surface area contributed by atoms with Gasteiger partial charge >= 0.3 is 0 Å². The van der Waals surface area contributed by atoms with E-state index in [1.165, 1.54) is 5.56 Å². The van der Waals surface area contributed by atoms with Crippen LogP contribution in [-0.4, -0.2) is 33.7 Å². The summed E-state index contributed by atoms with van der Waals surface area (Å²) in [6.45, 7) is 5.94. The number of benzene rings is 1. The Morgan fingerprint density at radius 3 is 2.41 bits per heavy atom. The predicted molar refractivity (Wildman–Crippen MR) is 87.2 cm³/mol. The average molecular weight is 297 g/mol. The van der Waals surface area contributed by atoms with Crippen LogP contribution in [0.4, 0.5) is 0 Å². The van der Waals surface area contributed by atoms with E-state index in [-0.39, 0.29) is 0 Å². The lowest BCUT2D eigenvalue weighted by atomic mass is 10.1. The second-order valence-electron chi connectivity index (χ2n) is 6.09. The predicted octanol–water partition coefficient (Wildman–Crippen LogP) is 3.04. The van der Waals surface area contributed by atoms with Gasteiger partial charge in [0.25, 0.3) is 0 Å². The van der Waals surface area contributed by atoms with Gasteiger partial charge in [-0.2, -0.15) is 5.10 Å². The summed E-state index contributed by atoms with van der Waals surface area (Å²) in [6, 6.07) is 10.4. The molecular formula is C18H23N3O. The van der Waals surface area contributed by atoms with Crippen LogP contribution in [0, 0.1) is 13.8 Å². The quantitative estimate of drug-likeness (QED) is 0.870. The van der Waals surface area contributed by atoms with Crippen LogP contribution in [-0.2, 0) is 11.2 Å². The first-order valence-corrected chi connectivity index (χ1v) is 8.04. The molecule has 0 saturated carbocycles. The molecule has 0 spiro atoms. The Labute approximate surface area is 131 Å². The zero-order chi connectivity index (χ0) is 15.5. The molecule has 1 aliphatic rings. The maximum absolute atomic E-state index is 12.1. The van der Waals surface area contributed by atoms with Crippen LogP contribution in [0.5, 0.6) is 0 Å². The molecule has 3 rings (SSSR count). The molecule has 4 nitrogen and oxygen atoms in total. The monoisotopic (exact) mass is 297 g/mol. The number of hydrogen-bond acceptors (Lipinski definition) is 2. The van der Waals surface area contributed by atoms with E-state index < -0.39 is 0 Å². The van der Waals surface area contributed by atoms with Crippen molar-refractivity contribution < 1.29 is 4.79 Å². The van der Waals surface area contributed by atoms with Crippen molar-refractivity contribution in [2.75, 3.05) is 13.1 Å². The smallest absolute Gasteiger partial charge is 0.222 e. The summed E-state index contributed by atoms with van der Waals surface area (Å²) in [5.74, 6) is 0.292. The highest BCUT2D eigenvalue weighted by Gasteiger charge is 2.17. The summed E-state index contributed by atoms with van der Waals surface area (Å²) in [7, 11) is 0. The number of hydrogen-bond donors (Lipinski definition) is 0. The van der Waals surface area contributed by atoms with E-state index in [0.29, 0.717) is 12.3 Å². The standard InChI is InChI=1S/C18H23N3O/c1-14-13-15(2)21(19-14)17-8-5-16(6-9-17)7-10-18(22)20-11-3-4-12-20/h5-6,8-9,13H,3-4,7,10-12H2,1-2H3. The van der Waals surface area contributed by atoms with E-state index >= 15 is 0 Å². The Morgan fingerprint density at radius 1 is 1.14 bits per heavy atom. The average Bonchev–Trinajstić information content (AvgIpc) is 3.15. The molecule has 4 heteroatoms. The normalized spacial score (nSPS) is 14.5. The van der Waals surface area contributed by atoms with Crippen LogP contribution >= 0.6 is 0 Å². The summed E-state index contributed by atoms with van der Waals surface area (Å²) in [5, 5.41) is 4.49. The van der Waals surface area contributed by atoms with Gasteiger partial charge in [0.05, 0.1) is 11.4 Å². The molecule has 0 N–H and O–H groups in total. The minimum absolute atomic E-state index is 0.292. The molecule has 0 aliphatic carbocycles. The minimum atomic E-state index is 0.292. The van der Waals surface area contributed by atoms with Crippen molar-refractivity contribution in [2.45, 2.75) is 39.5 Å². The SMILES string of the molecule is Cc1cc(C)n(-c2ccc(CCC(=O)N3CCCC3)cc2)n1. The highest BCUT2D eigenvalue weighted by atomic mass is 16.2. The molecule has 1 saturated heterocycles. The number of carbonyl (C=O) groups excluding carboxylic acids is 1. The van der Waals surface area contributed by atoms with Gasteiger partial charge in [-0.3, -0.25) is 4.79 Å². The van der Waals surface area contributed by atoms with Crippen molar-refractivity contribution in [3.8, 4) is 5.69 Å². The van der Waals surface area contributed by atoms with E-state index in [1.54, 1.807) is 0 Å². The highest BCUT2D eigenvalue weighted by molar-refractivity contribution is 5.76. The van der Waals surface area contributed by atoms with E-state index in [1.807, 2.05) is 16.5 Å². The Balaban J connectivity index is 1.62. The van der Waals surface area contributed by atoms with Crippen LogP contribution in [0.25, 0.3) is 5.69 Å². The van der Waals surface area contributed by atoms with Crippen LogP contribution in [0.15, 0.2) is 30.3 Å². The maximum Gasteiger partial charge on any atom is 0.222 e. The van der Waals surface area contributed by atoms with Gasteiger partial charge in [-0.15, -0.1) is 0 Å². The van der Waals surface area contributed by atoms with Crippen LogP contribution < -0.4 is 0 Å². The van der Waals surface area contributed by atoms with Gasteiger partial charge in [0.15, 0.2) is 0 Å². The molecule has 1 fully saturated rings. The number of rotatable bonds is 4. The van der Waals surface area contributed by atoms with Gasteiger partial charge in [-0.1, -0.05) is 12.1 Å². The molecule has 0 radical (unpaired) electrons. The number of aromatic nitrogens is 2. The number of amides is 1.